The van der Waals surface area contributed by atoms with Crippen molar-refractivity contribution >= 4 is 57.8 Å². The number of carbonyl (C=O) groups is 5. The van der Waals surface area contributed by atoms with E-state index in [9.17, 15) is 41.9 Å². The molecule has 66 heavy (non-hydrogen) atoms. The van der Waals surface area contributed by atoms with E-state index in [1.807, 2.05) is 11.0 Å². The number of fused-ring (bicyclic) bond motifs is 2. The van der Waals surface area contributed by atoms with Crippen LogP contribution in [0.5, 0.6) is 0 Å². The molecule has 348 valence electrons. The highest BCUT2D eigenvalue weighted by Gasteiger charge is 2.46. The van der Waals surface area contributed by atoms with Crippen molar-refractivity contribution in [3.05, 3.63) is 87.0 Å². The Kier molecular flexibility index (Phi) is 12.1. The Morgan fingerprint density at radius 3 is 2.32 bits per heavy atom. The standard InChI is InChI=1S/C47H53F3N10O6/c1-26(30-20-31(47(48,49)50)22-32(51)21-30)54-40-35-23-34(44(64)56(2)41(35)53-25-52-40)28-12-18-59(19-13-28)43(63)29-10-14-57(15-11-29)24-27-8-16-58(17-9-27)36-5-3-4-33-39(36)46(66)60(45(33)65)37-6-7-38(61)55-42(37)62/h3-5,20-23,25-29,37H,6-19,24,51H2,1-2H3,(H,52,53,54)(H,55,61,62)/t26-,37?/m1/s1. The number of nitrogens with one attached hydrogen (secondary N) is 2. The lowest BCUT2D eigenvalue weighted by molar-refractivity contribution is -0.138. The van der Waals surface area contributed by atoms with Crippen LogP contribution in [-0.2, 0) is 27.6 Å². The summed E-state index contributed by atoms with van der Waals surface area (Å²) in [5.41, 5.74) is 7.37. The van der Waals surface area contributed by atoms with Gasteiger partial charge in [-0.25, -0.2) is 9.97 Å². The van der Waals surface area contributed by atoms with Crippen molar-refractivity contribution < 1.29 is 37.1 Å². The smallest absolute Gasteiger partial charge is 0.399 e. The molecule has 0 aliphatic carbocycles. The molecule has 16 nitrogen and oxygen atoms in total. The molecule has 0 bridgehead atoms. The van der Waals surface area contributed by atoms with Gasteiger partial charge in [0.1, 0.15) is 23.8 Å². The molecule has 0 saturated carbocycles. The third-order valence-corrected chi connectivity index (χ3v) is 14.3. The van der Waals surface area contributed by atoms with Crippen LogP contribution < -0.4 is 26.8 Å². The summed E-state index contributed by atoms with van der Waals surface area (Å²) in [6.07, 6.45) is 1.46. The number of pyridine rings is 1. The first kappa shape index (κ1) is 44.8. The summed E-state index contributed by atoms with van der Waals surface area (Å²) in [6.45, 7) is 6.72. The van der Waals surface area contributed by atoms with Crippen molar-refractivity contribution in [1.82, 2.24) is 34.6 Å². The molecule has 5 amide bonds. The van der Waals surface area contributed by atoms with Crippen molar-refractivity contribution in [2.45, 2.75) is 82.5 Å². The summed E-state index contributed by atoms with van der Waals surface area (Å²) in [4.78, 5) is 95.2. The highest BCUT2D eigenvalue weighted by molar-refractivity contribution is 6.25. The average molecular weight is 911 g/mol. The molecule has 4 fully saturated rings. The number of hydrogen-bond donors (Lipinski definition) is 3. The third kappa shape index (κ3) is 8.60. The van der Waals surface area contributed by atoms with E-state index in [2.05, 4.69) is 30.4 Å². The van der Waals surface area contributed by atoms with Gasteiger partial charge in [0.25, 0.3) is 17.4 Å². The predicted octanol–water partition coefficient (Wildman–Crippen LogP) is 4.84. The summed E-state index contributed by atoms with van der Waals surface area (Å²) in [5.74, 6) is -1.29. The van der Waals surface area contributed by atoms with Crippen LogP contribution in [0.4, 0.5) is 30.4 Å². The molecule has 1 unspecified atom stereocenters. The quantitative estimate of drug-likeness (QED) is 0.153. The minimum Gasteiger partial charge on any atom is -0.399 e. The summed E-state index contributed by atoms with van der Waals surface area (Å²) < 4.78 is 42.2. The van der Waals surface area contributed by atoms with Gasteiger partial charge in [0.15, 0.2) is 0 Å². The number of nitrogen functional groups attached to an aromatic ring is 1. The summed E-state index contributed by atoms with van der Waals surface area (Å²) >= 11 is 0. The fourth-order valence-corrected chi connectivity index (χ4v) is 10.6. The summed E-state index contributed by atoms with van der Waals surface area (Å²) in [7, 11) is 1.64. The van der Waals surface area contributed by atoms with E-state index in [1.54, 1.807) is 32.2 Å². The van der Waals surface area contributed by atoms with E-state index in [1.165, 1.54) is 17.0 Å². The first-order valence-corrected chi connectivity index (χ1v) is 22.7. The molecule has 2 aromatic heterocycles. The monoisotopic (exact) mass is 910 g/mol. The van der Waals surface area contributed by atoms with Crippen molar-refractivity contribution in [1.29, 1.82) is 0 Å². The average Bonchev–Trinajstić information content (AvgIpc) is 3.56. The number of nitrogens with zero attached hydrogens (tertiary/aromatic N) is 7. The molecule has 4 aromatic rings. The van der Waals surface area contributed by atoms with Gasteiger partial charge in [-0.1, -0.05) is 6.07 Å². The number of amides is 5. The summed E-state index contributed by atoms with van der Waals surface area (Å²) in [6, 6.07) is 8.84. The third-order valence-electron chi connectivity index (χ3n) is 14.3. The van der Waals surface area contributed by atoms with Gasteiger partial charge in [-0.3, -0.25) is 43.6 Å². The molecule has 9 rings (SSSR count). The van der Waals surface area contributed by atoms with Gasteiger partial charge in [0.05, 0.1) is 33.8 Å². The maximum Gasteiger partial charge on any atom is 0.416 e. The van der Waals surface area contributed by atoms with Gasteiger partial charge in [0, 0.05) is 63.4 Å². The Balaban J connectivity index is 0.767. The van der Waals surface area contributed by atoms with E-state index < -0.39 is 47.5 Å². The van der Waals surface area contributed by atoms with Crippen LogP contribution >= 0.6 is 0 Å². The number of aryl methyl sites for hydroxylation is 1. The highest BCUT2D eigenvalue weighted by atomic mass is 19.4. The van der Waals surface area contributed by atoms with Crippen LogP contribution in [0.1, 0.15) is 108 Å². The van der Waals surface area contributed by atoms with Gasteiger partial charge in [-0.15, -0.1) is 0 Å². The maximum absolute atomic E-state index is 13.8. The second-order valence-electron chi connectivity index (χ2n) is 18.4. The zero-order valence-corrected chi connectivity index (χ0v) is 36.9. The first-order chi connectivity index (χ1) is 31.5. The zero-order chi connectivity index (χ0) is 46.6. The Labute approximate surface area is 378 Å². The Morgan fingerprint density at radius 2 is 1.62 bits per heavy atom. The minimum atomic E-state index is -4.56. The number of imide groups is 2. The number of aromatic nitrogens is 3. The Morgan fingerprint density at radius 1 is 0.894 bits per heavy atom. The zero-order valence-electron chi connectivity index (χ0n) is 36.9. The number of benzene rings is 2. The van der Waals surface area contributed by atoms with Gasteiger partial charge < -0.3 is 25.8 Å². The van der Waals surface area contributed by atoms with E-state index >= 15 is 0 Å². The molecule has 4 saturated heterocycles. The molecule has 0 radical (unpaired) electrons. The van der Waals surface area contributed by atoms with E-state index in [4.69, 9.17) is 5.73 Å². The van der Waals surface area contributed by atoms with Gasteiger partial charge in [-0.2, -0.15) is 13.2 Å². The molecular formula is C47H53F3N10O6. The second kappa shape index (κ2) is 17.8. The fraction of sp³-hybridized carbons (Fsp3) is 0.489. The lowest BCUT2D eigenvalue weighted by Gasteiger charge is -2.40. The van der Waals surface area contributed by atoms with Crippen LogP contribution in [0.15, 0.2) is 53.6 Å². The minimum absolute atomic E-state index is 0.00914. The maximum atomic E-state index is 13.8. The van der Waals surface area contributed by atoms with Crippen molar-refractivity contribution in [3.8, 4) is 0 Å². The van der Waals surface area contributed by atoms with Crippen LogP contribution in [0.25, 0.3) is 11.0 Å². The topological polar surface area (TPSA) is 196 Å². The molecule has 5 aliphatic rings. The van der Waals surface area contributed by atoms with Gasteiger partial charge >= 0.3 is 6.18 Å². The van der Waals surface area contributed by atoms with Crippen LogP contribution in [0.3, 0.4) is 0 Å². The van der Waals surface area contributed by atoms with Crippen molar-refractivity contribution in [2.75, 3.05) is 61.8 Å². The Hall–Kier alpha value is -6.37. The molecule has 7 heterocycles. The predicted molar refractivity (Wildman–Crippen MR) is 238 cm³/mol. The number of rotatable bonds is 9. The molecule has 19 heteroatoms. The number of halogens is 3. The van der Waals surface area contributed by atoms with Crippen molar-refractivity contribution in [3.63, 3.8) is 0 Å². The lowest BCUT2D eigenvalue weighted by atomic mass is 9.87. The number of alkyl halides is 3. The van der Waals surface area contributed by atoms with Crippen LogP contribution in [0, 0.1) is 11.8 Å². The van der Waals surface area contributed by atoms with E-state index in [-0.39, 0.29) is 47.4 Å². The lowest BCUT2D eigenvalue weighted by Crippen LogP contribution is -2.54. The number of anilines is 3. The van der Waals surface area contributed by atoms with Crippen LogP contribution in [-0.4, -0.2) is 111 Å². The fourth-order valence-electron chi connectivity index (χ4n) is 10.6. The molecule has 2 atom stereocenters. The Bertz CT molecular complexity index is 2670. The SMILES string of the molecule is C[C@@H](Nc1ncnc2c1cc(C1CCN(C(=O)C3CCN(CC4CCN(c5cccc6c5C(=O)N(C5CCC(=O)NC5=O)C6=O)CC4)CC3)CC1)c(=O)n2C)c1cc(N)cc(C(F)(F)F)c1. The second-order valence-corrected chi connectivity index (χ2v) is 18.4. The number of piperidine rings is 4. The summed E-state index contributed by atoms with van der Waals surface area (Å²) in [5, 5.41) is 6.02. The van der Waals surface area contributed by atoms with Gasteiger partial charge in [-0.05, 0) is 119 Å². The molecular weight excluding hydrogens is 858 g/mol. The largest absolute Gasteiger partial charge is 0.416 e. The number of carbonyl (C=O) groups excluding carboxylic acids is 5. The normalized spacial score (nSPS) is 21.1. The molecule has 5 aliphatic heterocycles. The first-order valence-electron chi connectivity index (χ1n) is 22.7. The highest BCUT2D eigenvalue weighted by Crippen LogP contribution is 2.38. The van der Waals surface area contributed by atoms with Crippen LogP contribution in [0.2, 0.25) is 0 Å². The van der Waals surface area contributed by atoms with Crippen molar-refractivity contribution in [2.24, 2.45) is 18.9 Å². The molecule has 0 spiro atoms. The molecule has 2 aromatic carbocycles. The number of nitrogens with two attached hydrogens (primary N) is 1. The van der Waals surface area contributed by atoms with Gasteiger partial charge in [0.2, 0.25) is 17.7 Å². The number of hydrogen-bond acceptors (Lipinski definition) is 12. The van der Waals surface area contributed by atoms with E-state index in [0.717, 1.165) is 62.4 Å². The number of likely N-dealkylation sites (tertiary alicyclic amines) is 2. The molecule has 4 N–H and O–H groups in total. The van der Waals surface area contributed by atoms with E-state index in [0.29, 0.717) is 84.2 Å².